The van der Waals surface area contributed by atoms with E-state index in [1.165, 1.54) is 0 Å². The molecule has 0 aliphatic carbocycles. The molecule has 2 aliphatic rings. The zero-order valence-electron chi connectivity index (χ0n) is 18.7. The molecule has 0 saturated heterocycles. The molecular weight excluding hydrogens is 416 g/mol. The molecular formula is C26H30N4O3. The van der Waals surface area contributed by atoms with Gasteiger partial charge in [-0.2, -0.15) is 0 Å². The second-order valence-corrected chi connectivity index (χ2v) is 7.79. The summed E-state index contributed by atoms with van der Waals surface area (Å²) in [6.07, 6.45) is 9.57. The summed E-state index contributed by atoms with van der Waals surface area (Å²) >= 11 is 0. The number of aliphatic hydroxyl groups excluding tert-OH is 1. The lowest BCUT2D eigenvalue weighted by molar-refractivity contribution is 0.221. The maximum absolute atomic E-state index is 8.93. The normalized spacial score (nSPS) is 15.1. The van der Waals surface area contributed by atoms with Gasteiger partial charge in [0.25, 0.3) is 0 Å². The van der Waals surface area contributed by atoms with Gasteiger partial charge in [0.05, 0.1) is 13.3 Å². The molecule has 0 spiro atoms. The van der Waals surface area contributed by atoms with Crippen LogP contribution in [0.1, 0.15) is 18.4 Å². The Morgan fingerprint density at radius 1 is 0.667 bits per heavy atom. The van der Waals surface area contributed by atoms with Crippen LogP contribution in [0.5, 0.6) is 11.5 Å². The van der Waals surface area contributed by atoms with Gasteiger partial charge in [0.1, 0.15) is 18.1 Å². The van der Waals surface area contributed by atoms with Gasteiger partial charge in [-0.15, -0.1) is 0 Å². The van der Waals surface area contributed by atoms with Crippen LogP contribution in [0.2, 0.25) is 0 Å². The molecule has 0 bridgehead atoms. The fourth-order valence-corrected chi connectivity index (χ4v) is 3.39. The topological polar surface area (TPSA) is 51.7 Å². The molecule has 33 heavy (non-hydrogen) atoms. The van der Waals surface area contributed by atoms with Crippen molar-refractivity contribution in [2.24, 2.45) is 0 Å². The highest BCUT2D eigenvalue weighted by molar-refractivity contribution is 5.31. The van der Waals surface area contributed by atoms with Gasteiger partial charge < -0.3 is 34.2 Å². The third-order valence-electron chi connectivity index (χ3n) is 5.11. The molecule has 0 fully saturated rings. The van der Waals surface area contributed by atoms with Crippen molar-refractivity contribution >= 4 is 0 Å². The first kappa shape index (κ1) is 22.9. The predicted octanol–water partition coefficient (Wildman–Crippen LogP) is 3.54. The monoisotopic (exact) mass is 446 g/mol. The minimum absolute atomic E-state index is 0.190. The minimum atomic E-state index is 0.190. The SMILES string of the molecule is OCCCN1[C]N(CN2[C]N(CCCOc3ccc(OCc4ccccc4)cc3)C=C2)C=C1. The van der Waals surface area contributed by atoms with Gasteiger partial charge in [-0.25, -0.2) is 0 Å². The molecule has 0 unspecified atom stereocenters. The Morgan fingerprint density at radius 3 is 1.88 bits per heavy atom. The van der Waals surface area contributed by atoms with E-state index in [4.69, 9.17) is 14.6 Å². The van der Waals surface area contributed by atoms with Gasteiger partial charge in [0, 0.05) is 44.5 Å². The van der Waals surface area contributed by atoms with Gasteiger partial charge in [-0.05, 0) is 42.7 Å². The summed E-state index contributed by atoms with van der Waals surface area (Å²) in [6, 6.07) is 17.9. The Balaban J connectivity index is 1.08. The molecule has 0 atom stereocenters. The molecule has 7 heteroatoms. The smallest absolute Gasteiger partial charge is 0.209 e. The number of hydrogen-bond donors (Lipinski definition) is 1. The zero-order chi connectivity index (χ0) is 22.7. The number of nitrogens with zero attached hydrogens (tertiary/aromatic N) is 4. The van der Waals surface area contributed by atoms with E-state index in [2.05, 4.69) is 25.5 Å². The Morgan fingerprint density at radius 2 is 1.24 bits per heavy atom. The van der Waals surface area contributed by atoms with Crippen molar-refractivity contribution in [2.75, 3.05) is 33.0 Å². The highest BCUT2D eigenvalue weighted by atomic mass is 16.5. The number of ether oxygens (including phenoxy) is 2. The molecule has 2 aromatic rings. The van der Waals surface area contributed by atoms with Crippen LogP contribution in [-0.4, -0.2) is 57.7 Å². The summed E-state index contributed by atoms with van der Waals surface area (Å²) in [5.74, 6) is 1.67. The van der Waals surface area contributed by atoms with E-state index >= 15 is 0 Å². The summed E-state index contributed by atoms with van der Waals surface area (Å²) in [4.78, 5) is 7.94. The number of benzene rings is 2. The van der Waals surface area contributed by atoms with Gasteiger partial charge in [0.2, 0.25) is 13.3 Å². The highest BCUT2D eigenvalue weighted by Crippen LogP contribution is 2.20. The van der Waals surface area contributed by atoms with Crippen molar-refractivity contribution in [1.82, 2.24) is 19.6 Å². The summed E-state index contributed by atoms with van der Waals surface area (Å²) < 4.78 is 11.7. The van der Waals surface area contributed by atoms with Crippen LogP contribution in [0.25, 0.3) is 0 Å². The lowest BCUT2D eigenvalue weighted by Crippen LogP contribution is -2.31. The van der Waals surface area contributed by atoms with Crippen LogP contribution in [-0.2, 0) is 6.61 Å². The fraction of sp³-hybridized carbons (Fsp3) is 0.308. The molecule has 0 saturated carbocycles. The van der Waals surface area contributed by atoms with Crippen LogP contribution >= 0.6 is 0 Å². The summed E-state index contributed by atoms with van der Waals surface area (Å²) in [6.45, 7) is 10.2. The van der Waals surface area contributed by atoms with E-state index in [1.54, 1.807) is 0 Å². The van der Waals surface area contributed by atoms with Gasteiger partial charge in [0.15, 0.2) is 0 Å². The Hall–Kier alpha value is -3.32. The van der Waals surface area contributed by atoms with Crippen LogP contribution in [0.15, 0.2) is 79.4 Å². The molecule has 0 aromatic heterocycles. The van der Waals surface area contributed by atoms with Gasteiger partial charge in [-0.3, -0.25) is 0 Å². The maximum Gasteiger partial charge on any atom is 0.209 e. The Labute approximate surface area is 196 Å². The first-order valence-corrected chi connectivity index (χ1v) is 11.2. The predicted molar refractivity (Wildman–Crippen MR) is 126 cm³/mol. The van der Waals surface area contributed by atoms with Crippen LogP contribution in [0, 0.1) is 13.3 Å². The zero-order valence-corrected chi connectivity index (χ0v) is 18.7. The molecule has 4 rings (SSSR count). The first-order valence-electron chi connectivity index (χ1n) is 11.2. The molecule has 2 aliphatic heterocycles. The van der Waals surface area contributed by atoms with Crippen molar-refractivity contribution < 1.29 is 14.6 Å². The van der Waals surface area contributed by atoms with E-state index in [1.807, 2.05) is 86.9 Å². The highest BCUT2D eigenvalue weighted by Gasteiger charge is 2.20. The Bertz CT molecular complexity index is 888. The fourth-order valence-electron chi connectivity index (χ4n) is 3.39. The molecule has 7 nitrogen and oxygen atoms in total. The van der Waals surface area contributed by atoms with Crippen molar-refractivity contribution in [1.29, 1.82) is 0 Å². The maximum atomic E-state index is 8.93. The van der Waals surface area contributed by atoms with Crippen molar-refractivity contribution in [3.63, 3.8) is 0 Å². The standard InChI is InChI=1S/C26H30N4O3/c31-18-4-12-27-14-16-29(21-27)23-30-17-15-28(22-30)13-5-19-32-25-8-10-26(11-9-25)33-20-24-6-2-1-3-7-24/h1-3,6-11,14-17,31H,4-5,12-13,18-20,23H2. The summed E-state index contributed by atoms with van der Waals surface area (Å²) in [7, 11) is 0. The van der Waals surface area contributed by atoms with E-state index in [0.29, 0.717) is 19.9 Å². The summed E-state index contributed by atoms with van der Waals surface area (Å²) in [5.41, 5.74) is 1.15. The number of hydrogen-bond acceptors (Lipinski definition) is 7. The molecule has 0 amide bonds. The Kier molecular flexibility index (Phi) is 8.36. The van der Waals surface area contributed by atoms with E-state index < -0.39 is 0 Å². The van der Waals surface area contributed by atoms with Crippen LogP contribution in [0.3, 0.4) is 0 Å². The third kappa shape index (κ3) is 7.36. The van der Waals surface area contributed by atoms with E-state index in [0.717, 1.165) is 43.0 Å². The van der Waals surface area contributed by atoms with E-state index in [-0.39, 0.29) is 6.61 Å². The molecule has 172 valence electrons. The van der Waals surface area contributed by atoms with Crippen molar-refractivity contribution in [3.05, 3.63) is 98.3 Å². The quantitative estimate of drug-likeness (QED) is 0.472. The number of aliphatic hydroxyl groups is 1. The van der Waals surface area contributed by atoms with Gasteiger partial charge in [-0.1, -0.05) is 30.3 Å². The lowest BCUT2D eigenvalue weighted by atomic mass is 10.2. The lowest BCUT2D eigenvalue weighted by Gasteiger charge is -2.24. The minimum Gasteiger partial charge on any atom is -0.494 e. The average Bonchev–Trinajstić information content (AvgIpc) is 3.50. The third-order valence-corrected chi connectivity index (χ3v) is 5.11. The largest absolute Gasteiger partial charge is 0.494 e. The van der Waals surface area contributed by atoms with Crippen LogP contribution in [0.4, 0.5) is 0 Å². The van der Waals surface area contributed by atoms with Gasteiger partial charge >= 0.3 is 0 Å². The van der Waals surface area contributed by atoms with Crippen molar-refractivity contribution in [3.8, 4) is 11.5 Å². The molecule has 2 aromatic carbocycles. The van der Waals surface area contributed by atoms with Crippen LogP contribution < -0.4 is 9.47 Å². The second kappa shape index (κ2) is 12.1. The second-order valence-electron chi connectivity index (χ2n) is 7.79. The summed E-state index contributed by atoms with van der Waals surface area (Å²) in [5, 5.41) is 8.93. The van der Waals surface area contributed by atoms with E-state index in [9.17, 15) is 0 Å². The molecule has 1 N–H and O–H groups in total. The number of rotatable bonds is 13. The molecule has 2 heterocycles. The average molecular weight is 447 g/mol. The molecule has 4 radical (unpaired) electrons. The van der Waals surface area contributed by atoms with Crippen molar-refractivity contribution in [2.45, 2.75) is 19.4 Å². The first-order chi connectivity index (χ1) is 16.3.